The van der Waals surface area contributed by atoms with E-state index in [1.165, 1.54) is 16.6 Å². The molecular weight excluding hydrogens is 320 g/mol. The van der Waals surface area contributed by atoms with Crippen molar-refractivity contribution in [3.63, 3.8) is 0 Å². The van der Waals surface area contributed by atoms with E-state index in [0.29, 0.717) is 10.7 Å². The largest absolute Gasteiger partial charge is 0.271 e. The van der Waals surface area contributed by atoms with Crippen LogP contribution in [0.4, 0.5) is 0 Å². The lowest BCUT2D eigenvalue weighted by Crippen LogP contribution is -2.09. The smallest absolute Gasteiger partial charge is 0.0738 e. The molecule has 1 heterocycles. The number of rotatable bonds is 4. The molecule has 0 fully saturated rings. The molecule has 0 N–H and O–H groups in total. The Balaban J connectivity index is 2.71. The number of halogens is 2. The van der Waals surface area contributed by atoms with Gasteiger partial charge in [-0.1, -0.05) is 29.8 Å². The van der Waals surface area contributed by atoms with Crippen molar-refractivity contribution in [2.24, 2.45) is 13.0 Å². The first kappa shape index (κ1) is 13.2. The zero-order valence-corrected chi connectivity index (χ0v) is 12.9. The van der Waals surface area contributed by atoms with Gasteiger partial charge < -0.3 is 0 Å². The van der Waals surface area contributed by atoms with Gasteiger partial charge in [-0.15, -0.1) is 0 Å². The lowest BCUT2D eigenvalue weighted by atomic mass is 10.00. The molecule has 0 aliphatic carbocycles. The van der Waals surface area contributed by atoms with Gasteiger partial charge in [-0.25, -0.2) is 0 Å². The molecule has 4 heteroatoms. The highest BCUT2D eigenvalue weighted by Crippen LogP contribution is 2.25. The number of hydrogen-bond donors (Lipinski definition) is 0. The molecule has 0 radical (unpaired) electrons. The maximum Gasteiger partial charge on any atom is 0.0738 e. The maximum absolute atomic E-state index is 4.40. The Hall–Kier alpha value is 0.170. The molecule has 2 atom stereocenters. The number of hydrogen-bond acceptors (Lipinski definition) is 1. The highest BCUT2D eigenvalue weighted by Gasteiger charge is 2.14. The zero-order chi connectivity index (χ0) is 11.6. The van der Waals surface area contributed by atoms with E-state index in [0.717, 1.165) is 12.1 Å². The summed E-state index contributed by atoms with van der Waals surface area (Å²) >= 11 is 7.20. The molecular formula is C11H18Br2N2. The predicted octanol–water partition coefficient (Wildman–Crippen LogP) is 3.84. The van der Waals surface area contributed by atoms with E-state index < -0.39 is 0 Å². The van der Waals surface area contributed by atoms with E-state index >= 15 is 0 Å². The Morgan fingerprint density at radius 1 is 1.40 bits per heavy atom. The third kappa shape index (κ3) is 3.59. The Labute approximate surface area is 109 Å². The molecule has 0 amide bonds. The number of aryl methyl sites for hydroxylation is 2. The third-order valence-electron chi connectivity index (χ3n) is 2.53. The second kappa shape index (κ2) is 5.48. The Morgan fingerprint density at radius 3 is 2.40 bits per heavy atom. The number of nitrogens with zero attached hydrogens (tertiary/aromatic N) is 2. The summed E-state index contributed by atoms with van der Waals surface area (Å²) in [4.78, 5) is 0.584. The van der Waals surface area contributed by atoms with Crippen LogP contribution in [0, 0.1) is 12.8 Å². The quantitative estimate of drug-likeness (QED) is 0.763. The first-order valence-corrected chi connectivity index (χ1v) is 6.94. The fourth-order valence-electron chi connectivity index (χ4n) is 1.87. The summed E-state index contributed by atoms with van der Waals surface area (Å²) in [5, 5.41) is 4.40. The first-order chi connectivity index (χ1) is 6.91. The summed E-state index contributed by atoms with van der Waals surface area (Å²) < 4.78 is 3.15. The highest BCUT2D eigenvalue weighted by atomic mass is 79.9. The van der Waals surface area contributed by atoms with E-state index in [1.54, 1.807) is 0 Å². The second-order valence-corrected chi connectivity index (χ2v) is 6.65. The standard InChI is InChI=1S/C11H18Br2N2/c1-7(5-8(2)12)6-10-11(13)9(3)14-15(10)4/h7-8H,5-6H2,1-4H3. The lowest BCUT2D eigenvalue weighted by Gasteiger charge is -2.13. The minimum absolute atomic E-state index is 0.584. The molecule has 0 aliphatic rings. The molecule has 0 saturated carbocycles. The zero-order valence-electron chi connectivity index (χ0n) is 9.72. The van der Waals surface area contributed by atoms with Crippen LogP contribution in [0.1, 0.15) is 31.7 Å². The van der Waals surface area contributed by atoms with Crippen molar-refractivity contribution in [2.45, 2.75) is 38.4 Å². The lowest BCUT2D eigenvalue weighted by molar-refractivity contribution is 0.510. The van der Waals surface area contributed by atoms with Gasteiger partial charge >= 0.3 is 0 Å². The molecule has 15 heavy (non-hydrogen) atoms. The van der Waals surface area contributed by atoms with Gasteiger partial charge in [-0.05, 0) is 41.6 Å². The first-order valence-electron chi connectivity index (χ1n) is 5.23. The average Bonchev–Trinajstić information content (AvgIpc) is 2.31. The molecule has 0 aromatic carbocycles. The molecule has 2 unspecified atom stereocenters. The van der Waals surface area contributed by atoms with Crippen molar-refractivity contribution in [3.8, 4) is 0 Å². The monoisotopic (exact) mass is 336 g/mol. The van der Waals surface area contributed by atoms with Crippen LogP contribution in [0.2, 0.25) is 0 Å². The maximum atomic E-state index is 4.40. The van der Waals surface area contributed by atoms with Gasteiger partial charge in [0, 0.05) is 11.9 Å². The van der Waals surface area contributed by atoms with Crippen molar-refractivity contribution in [3.05, 3.63) is 15.9 Å². The van der Waals surface area contributed by atoms with Crippen LogP contribution < -0.4 is 0 Å². The Bertz CT molecular complexity index is 332. The summed E-state index contributed by atoms with van der Waals surface area (Å²) in [6.45, 7) is 6.51. The van der Waals surface area contributed by atoms with Crippen LogP contribution in [0.25, 0.3) is 0 Å². The second-order valence-electron chi connectivity index (χ2n) is 4.30. The third-order valence-corrected chi connectivity index (χ3v) is 3.94. The van der Waals surface area contributed by atoms with Crippen LogP contribution in [0.3, 0.4) is 0 Å². The number of aromatic nitrogens is 2. The highest BCUT2D eigenvalue weighted by molar-refractivity contribution is 9.10. The fourth-order valence-corrected chi connectivity index (χ4v) is 3.01. The Morgan fingerprint density at radius 2 is 2.00 bits per heavy atom. The van der Waals surface area contributed by atoms with Crippen molar-refractivity contribution in [1.29, 1.82) is 0 Å². The van der Waals surface area contributed by atoms with Crippen molar-refractivity contribution in [2.75, 3.05) is 0 Å². The summed E-state index contributed by atoms with van der Waals surface area (Å²) in [6, 6.07) is 0. The summed E-state index contributed by atoms with van der Waals surface area (Å²) in [5.41, 5.74) is 2.37. The molecule has 0 bridgehead atoms. The van der Waals surface area contributed by atoms with Gasteiger partial charge in [0.1, 0.15) is 0 Å². The van der Waals surface area contributed by atoms with Gasteiger partial charge in [0.2, 0.25) is 0 Å². The summed E-state index contributed by atoms with van der Waals surface area (Å²) in [6.07, 6.45) is 2.27. The van der Waals surface area contributed by atoms with Crippen molar-refractivity contribution < 1.29 is 0 Å². The molecule has 86 valence electrons. The van der Waals surface area contributed by atoms with Crippen LogP contribution in [-0.2, 0) is 13.5 Å². The Kier molecular flexibility index (Phi) is 4.84. The molecule has 1 aromatic rings. The molecule has 0 saturated heterocycles. The van der Waals surface area contributed by atoms with Gasteiger partial charge in [0.05, 0.1) is 15.9 Å². The molecule has 0 aliphatic heterocycles. The molecule has 0 spiro atoms. The van der Waals surface area contributed by atoms with Crippen molar-refractivity contribution in [1.82, 2.24) is 9.78 Å². The van der Waals surface area contributed by atoms with Gasteiger partial charge in [-0.2, -0.15) is 5.10 Å². The minimum Gasteiger partial charge on any atom is -0.271 e. The van der Waals surface area contributed by atoms with E-state index in [9.17, 15) is 0 Å². The summed E-state index contributed by atoms with van der Waals surface area (Å²) in [7, 11) is 2.01. The topological polar surface area (TPSA) is 17.8 Å². The number of alkyl halides is 1. The van der Waals surface area contributed by atoms with E-state index in [2.05, 4.69) is 50.8 Å². The molecule has 2 nitrogen and oxygen atoms in total. The van der Waals surface area contributed by atoms with Gasteiger partial charge in [-0.3, -0.25) is 4.68 Å². The van der Waals surface area contributed by atoms with Crippen LogP contribution in [0.5, 0.6) is 0 Å². The van der Waals surface area contributed by atoms with Gasteiger partial charge in [0.15, 0.2) is 0 Å². The van der Waals surface area contributed by atoms with E-state index in [4.69, 9.17) is 0 Å². The SMILES string of the molecule is Cc1nn(C)c(CC(C)CC(C)Br)c1Br. The van der Waals surface area contributed by atoms with Crippen LogP contribution >= 0.6 is 31.9 Å². The normalized spacial score (nSPS) is 15.3. The van der Waals surface area contributed by atoms with Crippen LogP contribution in [0.15, 0.2) is 4.47 Å². The predicted molar refractivity (Wildman–Crippen MR) is 71.5 cm³/mol. The fraction of sp³-hybridized carbons (Fsp3) is 0.727. The van der Waals surface area contributed by atoms with Crippen molar-refractivity contribution >= 4 is 31.9 Å². The minimum atomic E-state index is 0.584. The van der Waals surface area contributed by atoms with Crippen LogP contribution in [-0.4, -0.2) is 14.6 Å². The molecule has 1 aromatic heterocycles. The molecule has 1 rings (SSSR count). The van der Waals surface area contributed by atoms with E-state index in [-0.39, 0.29) is 0 Å². The average molecular weight is 338 g/mol. The van der Waals surface area contributed by atoms with Gasteiger partial charge in [0.25, 0.3) is 0 Å². The summed E-state index contributed by atoms with van der Waals surface area (Å²) in [5.74, 6) is 0.672. The van der Waals surface area contributed by atoms with E-state index in [1.807, 2.05) is 18.7 Å².